The Morgan fingerprint density at radius 2 is 0.730 bits per heavy atom. The minimum Gasteiger partial charge on any atom is -0.540 e. The fraction of sp³-hybridized carbons (Fsp3) is 0.645. The van der Waals surface area contributed by atoms with Gasteiger partial charge in [-0.25, -0.2) is 63.1 Å². The molecule has 30 nitrogen and oxygen atoms in total. The van der Waals surface area contributed by atoms with Gasteiger partial charge in [-0.3, -0.25) is 14.4 Å². The number of nitrogens with one attached hydrogen (secondary N) is 3. The van der Waals surface area contributed by atoms with Crippen molar-refractivity contribution in [3.05, 3.63) is 71.7 Å². The molecule has 3 aromatic carbocycles. The van der Waals surface area contributed by atoms with Crippen molar-refractivity contribution >= 4 is 88.0 Å². The number of hydrogen-bond donors (Lipinski definition) is 3. The Labute approximate surface area is 774 Å². The van der Waals surface area contributed by atoms with Crippen LogP contribution in [0.4, 0.5) is 14.4 Å². The van der Waals surface area contributed by atoms with Gasteiger partial charge in [-0.15, -0.1) is 0 Å². The number of hydrogen-bond acceptors (Lipinski definition) is 24. The SMILES string of the molecule is COc1ccc2nc3c(nc2c1)O[C@H]1CN(C(=O)[C@H](C(C)(C)C)NC(=O)O[C@@H]2CCC[C@H]2CCCCC3)[C@H]([C-]=O)[C@@H]1C.COc1ccc2nc3c(nc2c1)O[C@H]1CN(C(=O)[C@H](C(C)(C)C)NC(=O)O[C@@H]2C[C@H]2CCCCC3)[C@H]([C-]=O)[C@@H]1C.COc1ccc2nc3c(nc2c1)O[C@H]1CN(C(=O)[C@H](C(C)(C)C)NC(=O)O[C@]2(C)C[C@H]2CCCCC3)[C@H]([C-]=O)[C@@H]1C.[V].[V].[V]. The Kier molecular flexibility index (Phi) is 33.5. The standard InChI is InChI=1S/C32H43N4O6.C31H41N4O6.C30H39N4O6.3V/c1-19-25(18-37)36-17-27(19)41-29-23(33-22-15-14-21(40-5)16-24(22)34-29)12-8-6-7-10-20-11-9-13-26(20)42-31(39)35-28(30(36)38)32(2,3)4;1-18-24(17-36)35-16-25(18)40-27-22(32-21-13-12-20(39-6)14-23(21)33-27)11-9-7-8-10-19-15-31(19,5)41-29(38)34-26(28(35)37)30(2,3)4;1-17-23(16-35)34-15-25(17)39-27-21(31-20-12-11-19(38-5)14-22(20)32-27)10-8-6-7-9-18-13-24(18)40-29(37)33-26(28(34)36)30(2,3)4;;;/h14-16,19-20,25-28H,6-13,17H2,1-5H3,(H,35,39);12-14,18-19,24-26H,7-11,15-16H2,1-6H3,(H,34,38);11-12,14,17-18,23-26H,6-10,13,15H2,1-5H3,(H,33,37);;;/q3*-1;;;/t19-,20+,25+,26+,27-,28+;18-,19+,24+,25-,26+,31+;17-,18+,23+,24+,25-,26+;;;/m000.../s1. The second-order valence-corrected chi connectivity index (χ2v) is 38.5. The molecule has 9 heterocycles. The zero-order valence-corrected chi connectivity index (χ0v) is 79.7. The first kappa shape index (κ1) is 99.6. The van der Waals surface area contributed by atoms with Crippen LogP contribution in [0.3, 0.4) is 0 Å². The predicted octanol–water partition coefficient (Wildman–Crippen LogP) is 13.1. The summed E-state index contributed by atoms with van der Waals surface area (Å²) in [5.41, 5.74) is 4.07. The summed E-state index contributed by atoms with van der Waals surface area (Å²) >= 11 is 0. The van der Waals surface area contributed by atoms with Crippen LogP contribution in [0.5, 0.6) is 34.9 Å². The Hall–Kier alpha value is -8.54. The summed E-state index contributed by atoms with van der Waals surface area (Å²) in [6.07, 6.45) is 20.9. The predicted molar refractivity (Wildman–Crippen MR) is 457 cm³/mol. The van der Waals surface area contributed by atoms with Crippen molar-refractivity contribution < 1.29 is 141 Å². The molecule has 6 aliphatic heterocycles. The molecule has 681 valence electrons. The van der Waals surface area contributed by atoms with Gasteiger partial charge in [0.2, 0.25) is 35.4 Å². The van der Waals surface area contributed by atoms with Crippen LogP contribution < -0.4 is 44.4 Å². The molecule has 3 aliphatic carbocycles. The number of carbonyl (C=O) groups is 6. The van der Waals surface area contributed by atoms with E-state index < -0.39 is 94.7 Å². The van der Waals surface area contributed by atoms with Crippen LogP contribution in [0, 0.1) is 51.8 Å². The van der Waals surface area contributed by atoms with E-state index in [2.05, 4.69) is 28.5 Å². The minimum absolute atomic E-state index is 0. The Morgan fingerprint density at radius 1 is 0.397 bits per heavy atom. The van der Waals surface area contributed by atoms with Crippen LogP contribution in [0.25, 0.3) is 33.1 Å². The number of aromatic nitrogens is 6. The molecule has 33 heteroatoms. The molecule has 18 atom stereocenters. The van der Waals surface area contributed by atoms with Gasteiger partial charge in [-0.2, -0.15) is 0 Å². The molecule has 0 unspecified atom stereocenters. The molecule has 3 N–H and O–H groups in total. The molecule has 126 heavy (non-hydrogen) atoms. The van der Waals surface area contributed by atoms with Crippen molar-refractivity contribution in [2.45, 2.75) is 291 Å². The zero-order valence-electron chi connectivity index (χ0n) is 75.5. The summed E-state index contributed by atoms with van der Waals surface area (Å²) in [6, 6.07) is 11.5. The van der Waals surface area contributed by atoms with Gasteiger partial charge in [-0.05, 0) is 179 Å². The minimum atomic E-state index is -0.903. The van der Waals surface area contributed by atoms with E-state index in [9.17, 15) is 43.2 Å². The van der Waals surface area contributed by atoms with E-state index in [0.29, 0.717) is 88.5 Å². The molecule has 0 spiro atoms. The van der Waals surface area contributed by atoms with Gasteiger partial charge in [-0.1, -0.05) is 140 Å². The van der Waals surface area contributed by atoms with Gasteiger partial charge in [0.05, 0.1) is 74.1 Å². The summed E-state index contributed by atoms with van der Waals surface area (Å²) in [5.74, 6) is 2.04. The third-order valence-electron chi connectivity index (χ3n) is 26.3. The first-order valence-electron chi connectivity index (χ1n) is 44.1. The molecule has 6 aromatic rings. The van der Waals surface area contributed by atoms with Gasteiger partial charge in [0.15, 0.2) is 0 Å². The number of methoxy groups -OCH3 is 3. The second-order valence-electron chi connectivity index (χ2n) is 38.5. The number of ether oxygens (including phenoxy) is 9. The van der Waals surface area contributed by atoms with Crippen LogP contribution in [-0.4, -0.2) is 213 Å². The zero-order chi connectivity index (χ0) is 88.1. The molecule has 6 bridgehead atoms. The van der Waals surface area contributed by atoms with Gasteiger partial charge in [0, 0.05) is 79.8 Å². The molecule has 3 radical (unpaired) electrons. The summed E-state index contributed by atoms with van der Waals surface area (Å²) in [5, 5.41) is 8.48. The number of benzene rings is 3. The van der Waals surface area contributed by atoms with Gasteiger partial charge in [0.25, 0.3) is 0 Å². The fourth-order valence-corrected chi connectivity index (χ4v) is 18.4. The fourth-order valence-electron chi connectivity index (χ4n) is 18.4. The average molecular weight is 1850 g/mol. The number of amides is 6. The van der Waals surface area contributed by atoms with Crippen molar-refractivity contribution in [2.75, 3.05) is 41.0 Å². The third-order valence-corrected chi connectivity index (χ3v) is 26.3. The van der Waals surface area contributed by atoms with E-state index in [1.54, 1.807) is 21.3 Å². The van der Waals surface area contributed by atoms with E-state index >= 15 is 0 Å². The summed E-state index contributed by atoms with van der Waals surface area (Å²) in [7, 11) is 4.81. The van der Waals surface area contributed by atoms with Gasteiger partial charge >= 0.3 is 18.3 Å². The molecule has 6 amide bonds. The number of fused-ring (bicyclic) bond motifs is 15. The number of rotatable bonds is 6. The average Bonchev–Trinajstić information content (AvgIpc) is 1.62. The van der Waals surface area contributed by atoms with Gasteiger partial charge in [0.1, 0.15) is 88.6 Å². The summed E-state index contributed by atoms with van der Waals surface area (Å²) in [6.45, 7) is 25.0. The largest absolute Gasteiger partial charge is 0.540 e. The first-order chi connectivity index (χ1) is 58.6. The van der Waals surface area contributed by atoms with Gasteiger partial charge < -0.3 is 87.7 Å². The Morgan fingerprint density at radius 3 is 1.08 bits per heavy atom. The van der Waals surface area contributed by atoms with Crippen LogP contribution in [0.15, 0.2) is 54.6 Å². The number of carbonyl (C=O) groups excluding carboxylic acids is 9. The van der Waals surface area contributed by atoms with E-state index in [0.717, 1.165) is 143 Å². The monoisotopic (exact) mass is 1850 g/mol. The van der Waals surface area contributed by atoms with E-state index in [-0.39, 0.29) is 123 Å². The van der Waals surface area contributed by atoms with Crippen molar-refractivity contribution in [3.63, 3.8) is 0 Å². The van der Waals surface area contributed by atoms with Crippen LogP contribution in [0.2, 0.25) is 0 Å². The topological polar surface area (TPSA) is 360 Å². The maximum absolute atomic E-state index is 14.0. The first-order valence-corrected chi connectivity index (χ1v) is 44.1. The van der Waals surface area contributed by atoms with Crippen molar-refractivity contribution in [3.8, 4) is 34.9 Å². The van der Waals surface area contributed by atoms with Crippen LogP contribution in [0.1, 0.15) is 216 Å². The Bertz CT molecular complexity index is 4880. The molecule has 6 fully saturated rings. The summed E-state index contributed by atoms with van der Waals surface area (Å²) in [4.78, 5) is 151. The van der Waals surface area contributed by atoms with E-state index in [1.165, 1.54) is 14.7 Å². The maximum atomic E-state index is 14.0. The van der Waals surface area contributed by atoms with Crippen LogP contribution >= 0.6 is 0 Å². The second kappa shape index (κ2) is 42.4. The molecule has 9 aliphatic rings. The molecule has 3 saturated carbocycles. The number of alkyl carbamates (subject to hydrolysis) is 3. The smallest absolute Gasteiger partial charge is 0.408 e. The molecule has 15 rings (SSSR count). The number of aryl methyl sites for hydroxylation is 3. The normalized spacial score (nSPS) is 29.3. The molecule has 3 aromatic heterocycles. The quantitative estimate of drug-likeness (QED) is 0.103. The van der Waals surface area contributed by atoms with Crippen molar-refractivity contribution in [1.29, 1.82) is 0 Å². The molecular weight excluding hydrogens is 1730 g/mol. The van der Waals surface area contributed by atoms with Crippen LogP contribution in [-0.2, 0) is 118 Å². The maximum Gasteiger partial charge on any atom is 0.408 e. The van der Waals surface area contributed by atoms with Crippen molar-refractivity contribution in [1.82, 2.24) is 60.6 Å². The molecular formula is C93H123N12O18V3-3. The van der Waals surface area contributed by atoms with E-state index in [4.69, 9.17) is 72.5 Å². The third kappa shape index (κ3) is 23.4. The Balaban J connectivity index is 0.000000195. The van der Waals surface area contributed by atoms with Crippen molar-refractivity contribution in [2.24, 2.45) is 51.8 Å². The summed E-state index contributed by atoms with van der Waals surface area (Å²) < 4.78 is 53.0. The molecule has 3 saturated heterocycles. The number of nitrogens with zero attached hydrogens (tertiary/aromatic N) is 9. The van der Waals surface area contributed by atoms with E-state index in [1.807, 2.05) is 151 Å².